The smallest absolute Gasteiger partial charge is 0.321 e. The molecule has 2 heterocycles. The topological polar surface area (TPSA) is 141 Å². The Balaban J connectivity index is 1.51. The van der Waals surface area contributed by atoms with Crippen LogP contribution in [0.2, 0.25) is 0 Å². The van der Waals surface area contributed by atoms with E-state index in [1.807, 2.05) is 30.3 Å². The van der Waals surface area contributed by atoms with Gasteiger partial charge in [0.2, 0.25) is 5.91 Å². The van der Waals surface area contributed by atoms with Gasteiger partial charge in [0.15, 0.2) is 5.69 Å². The molecule has 0 aliphatic carbocycles. The first-order valence-electron chi connectivity index (χ1n) is 10.6. The lowest BCUT2D eigenvalue weighted by molar-refractivity contribution is -0.117. The van der Waals surface area contributed by atoms with E-state index in [0.717, 1.165) is 17.3 Å². The number of thioether (sulfide) groups is 1. The molecule has 0 radical (unpaired) electrons. The number of aromatic nitrogens is 4. The van der Waals surface area contributed by atoms with Gasteiger partial charge < -0.3 is 14.5 Å². The molecule has 12 heteroatoms. The molecule has 35 heavy (non-hydrogen) atoms. The van der Waals surface area contributed by atoms with Gasteiger partial charge in [-0.3, -0.25) is 14.9 Å². The molecule has 0 saturated heterocycles. The van der Waals surface area contributed by atoms with E-state index in [1.165, 1.54) is 11.8 Å². The molecule has 180 valence electrons. The van der Waals surface area contributed by atoms with Gasteiger partial charge in [0.05, 0.1) is 24.3 Å². The maximum Gasteiger partial charge on any atom is 0.321 e. The fourth-order valence-corrected chi connectivity index (χ4v) is 3.78. The molecule has 2 aromatic carbocycles. The van der Waals surface area contributed by atoms with Gasteiger partial charge in [0.1, 0.15) is 0 Å². The number of ether oxygens (including phenoxy) is 1. The first-order chi connectivity index (χ1) is 17.0. The molecule has 0 bridgehead atoms. The molecular weight excluding hydrogens is 472 g/mol. The largest absolute Gasteiger partial charge is 0.409 e. The van der Waals surface area contributed by atoms with E-state index in [4.69, 9.17) is 9.15 Å². The van der Waals surface area contributed by atoms with E-state index < -0.39 is 11.9 Å². The summed E-state index contributed by atoms with van der Waals surface area (Å²) in [7, 11) is 1.51. The second-order valence-corrected chi connectivity index (χ2v) is 8.23. The Morgan fingerprint density at radius 1 is 1.06 bits per heavy atom. The van der Waals surface area contributed by atoms with Gasteiger partial charge >= 0.3 is 6.03 Å². The summed E-state index contributed by atoms with van der Waals surface area (Å²) in [5.74, 6) is -0.519. The zero-order valence-corrected chi connectivity index (χ0v) is 19.6. The summed E-state index contributed by atoms with van der Waals surface area (Å²) in [6.45, 7) is 0.894. The van der Waals surface area contributed by atoms with Gasteiger partial charge in [0, 0.05) is 19.0 Å². The molecule has 0 aliphatic heterocycles. The summed E-state index contributed by atoms with van der Waals surface area (Å²) in [5.41, 5.74) is 1.04. The zero-order chi connectivity index (χ0) is 24.6. The molecule has 3 amide bonds. The maximum absolute atomic E-state index is 13.0. The number of nitrogens with zero attached hydrogens (tertiary/aromatic N) is 4. The van der Waals surface area contributed by atoms with Crippen LogP contribution in [-0.2, 0) is 16.1 Å². The van der Waals surface area contributed by atoms with Crippen molar-refractivity contribution < 1.29 is 18.7 Å². The SMILES string of the molecule is COCCNC(=O)NC(=O)CSc1nnc(-c2nn(Cc3ccccc3)c(=O)c3ccccc23)o1. The first kappa shape index (κ1) is 24.1. The van der Waals surface area contributed by atoms with Gasteiger partial charge in [-0.1, -0.05) is 60.3 Å². The zero-order valence-electron chi connectivity index (χ0n) is 18.8. The van der Waals surface area contributed by atoms with Gasteiger partial charge in [-0.25, -0.2) is 9.48 Å². The Bertz CT molecular complexity index is 1390. The quantitative estimate of drug-likeness (QED) is 0.264. The van der Waals surface area contributed by atoms with Crippen LogP contribution >= 0.6 is 11.8 Å². The molecule has 0 aliphatic rings. The van der Waals surface area contributed by atoms with Crippen molar-refractivity contribution in [2.24, 2.45) is 0 Å². The second kappa shape index (κ2) is 11.4. The van der Waals surface area contributed by atoms with Gasteiger partial charge in [0.25, 0.3) is 16.7 Å². The van der Waals surface area contributed by atoms with E-state index in [1.54, 1.807) is 24.3 Å². The number of hydrogen-bond acceptors (Lipinski definition) is 9. The number of urea groups is 1. The lowest BCUT2D eigenvalue weighted by atomic mass is 10.1. The lowest BCUT2D eigenvalue weighted by Gasteiger charge is -2.09. The van der Waals surface area contributed by atoms with Crippen LogP contribution in [-0.4, -0.2) is 57.9 Å². The number of hydrogen-bond donors (Lipinski definition) is 2. The van der Waals surface area contributed by atoms with Crippen molar-refractivity contribution in [3.05, 3.63) is 70.5 Å². The highest BCUT2D eigenvalue weighted by Crippen LogP contribution is 2.26. The predicted octanol–water partition coefficient (Wildman–Crippen LogP) is 2.06. The highest BCUT2D eigenvalue weighted by atomic mass is 32.2. The van der Waals surface area contributed by atoms with Crippen LogP contribution in [0.25, 0.3) is 22.4 Å². The third-order valence-corrected chi connectivity index (χ3v) is 5.64. The first-order valence-corrected chi connectivity index (χ1v) is 11.6. The van der Waals surface area contributed by atoms with Gasteiger partial charge in [-0.2, -0.15) is 5.10 Å². The third kappa shape index (κ3) is 6.11. The molecular formula is C23H22N6O5S. The van der Waals surface area contributed by atoms with Crippen LogP contribution in [0.4, 0.5) is 4.79 Å². The fourth-order valence-electron chi connectivity index (χ4n) is 3.22. The highest BCUT2D eigenvalue weighted by molar-refractivity contribution is 7.99. The number of amides is 3. The molecule has 4 aromatic rings. The van der Waals surface area contributed by atoms with E-state index in [9.17, 15) is 14.4 Å². The molecule has 11 nitrogen and oxygen atoms in total. The Hall–Kier alpha value is -4.03. The standard InChI is InChI=1S/C23H22N6O5S/c1-33-12-11-24-22(32)25-18(30)14-35-23-27-26-20(34-23)19-16-9-5-6-10-17(16)21(31)29(28-19)13-15-7-3-2-4-8-15/h2-10H,11-14H2,1H3,(H2,24,25,30,32). The van der Waals surface area contributed by atoms with Crippen molar-refractivity contribution in [3.8, 4) is 11.6 Å². The van der Waals surface area contributed by atoms with E-state index >= 15 is 0 Å². The highest BCUT2D eigenvalue weighted by Gasteiger charge is 2.18. The average molecular weight is 495 g/mol. The molecule has 2 N–H and O–H groups in total. The number of methoxy groups -OCH3 is 1. The predicted molar refractivity (Wildman–Crippen MR) is 129 cm³/mol. The minimum absolute atomic E-state index is 0.110. The Kier molecular flexibility index (Phi) is 7.85. The summed E-state index contributed by atoms with van der Waals surface area (Å²) in [6.07, 6.45) is 0. The minimum atomic E-state index is -0.616. The monoisotopic (exact) mass is 494 g/mol. The van der Waals surface area contributed by atoms with Crippen LogP contribution in [0.5, 0.6) is 0 Å². The lowest BCUT2D eigenvalue weighted by Crippen LogP contribution is -2.41. The summed E-state index contributed by atoms with van der Waals surface area (Å²) in [6, 6.07) is 15.9. The normalized spacial score (nSPS) is 10.9. The number of rotatable bonds is 9. The third-order valence-electron chi connectivity index (χ3n) is 4.82. The number of nitrogens with one attached hydrogen (secondary N) is 2. The summed E-state index contributed by atoms with van der Waals surface area (Å²) in [5, 5.41) is 18.4. The van der Waals surface area contributed by atoms with Crippen LogP contribution in [0.1, 0.15) is 5.56 Å². The number of carbonyl (C=O) groups is 2. The van der Waals surface area contributed by atoms with Crippen LogP contribution in [0, 0.1) is 0 Å². The fraction of sp³-hybridized carbons (Fsp3) is 0.217. The Labute approximate surface area is 203 Å². The van der Waals surface area contributed by atoms with Crippen LogP contribution in [0.15, 0.2) is 69.0 Å². The summed E-state index contributed by atoms with van der Waals surface area (Å²) >= 11 is 0.976. The average Bonchev–Trinajstić information content (AvgIpc) is 3.34. The van der Waals surface area contributed by atoms with Crippen molar-refractivity contribution in [1.29, 1.82) is 0 Å². The van der Waals surface area contributed by atoms with Crippen molar-refractivity contribution in [3.63, 3.8) is 0 Å². The number of imide groups is 1. The Morgan fingerprint density at radius 3 is 2.57 bits per heavy atom. The number of carbonyl (C=O) groups excluding carboxylic acids is 2. The minimum Gasteiger partial charge on any atom is -0.409 e. The maximum atomic E-state index is 13.0. The van der Waals surface area contributed by atoms with Crippen molar-refractivity contribution in [1.82, 2.24) is 30.6 Å². The molecule has 0 saturated carbocycles. The molecule has 4 rings (SSSR count). The van der Waals surface area contributed by atoms with Gasteiger partial charge in [-0.05, 0) is 11.6 Å². The molecule has 0 spiro atoms. The van der Waals surface area contributed by atoms with Gasteiger partial charge in [-0.15, -0.1) is 10.2 Å². The van der Waals surface area contributed by atoms with Crippen molar-refractivity contribution in [2.75, 3.05) is 26.0 Å². The summed E-state index contributed by atoms with van der Waals surface area (Å²) in [4.78, 5) is 36.7. The Morgan fingerprint density at radius 2 is 1.80 bits per heavy atom. The number of benzene rings is 2. The van der Waals surface area contributed by atoms with Crippen LogP contribution in [0.3, 0.4) is 0 Å². The molecule has 0 unspecified atom stereocenters. The molecule has 0 fully saturated rings. The molecule has 0 atom stereocenters. The molecule has 2 aromatic heterocycles. The van der Waals surface area contributed by atoms with Crippen LogP contribution < -0.4 is 16.2 Å². The van der Waals surface area contributed by atoms with Crippen molar-refractivity contribution in [2.45, 2.75) is 11.8 Å². The summed E-state index contributed by atoms with van der Waals surface area (Å²) < 4.78 is 11.9. The second-order valence-electron chi connectivity index (χ2n) is 7.30. The number of fused-ring (bicyclic) bond motifs is 1. The van der Waals surface area contributed by atoms with Crippen molar-refractivity contribution >= 4 is 34.5 Å². The van der Waals surface area contributed by atoms with E-state index in [-0.39, 0.29) is 35.5 Å². The van der Waals surface area contributed by atoms with E-state index in [2.05, 4.69) is 25.9 Å². The van der Waals surface area contributed by atoms with E-state index in [0.29, 0.717) is 23.1 Å².